The lowest BCUT2D eigenvalue weighted by atomic mass is 10.3. The van der Waals surface area contributed by atoms with Gasteiger partial charge in [-0.05, 0) is 13.8 Å². The zero-order valence-corrected chi connectivity index (χ0v) is 7.93. The van der Waals surface area contributed by atoms with Crippen molar-refractivity contribution in [3.05, 3.63) is 0 Å². The first-order chi connectivity index (χ1) is 5.38. The van der Waals surface area contributed by atoms with Gasteiger partial charge in [-0.2, -0.15) is 0 Å². The third-order valence-corrected chi connectivity index (χ3v) is 3.79. The van der Waals surface area contributed by atoms with Crippen LogP contribution in [0.5, 0.6) is 0 Å². The van der Waals surface area contributed by atoms with E-state index in [9.17, 15) is 8.42 Å². The van der Waals surface area contributed by atoms with Crippen LogP contribution in [-0.4, -0.2) is 37.9 Å². The molecule has 2 heterocycles. The van der Waals surface area contributed by atoms with Crippen molar-refractivity contribution in [1.82, 2.24) is 0 Å². The van der Waals surface area contributed by atoms with Crippen molar-refractivity contribution >= 4 is 9.84 Å². The van der Waals surface area contributed by atoms with Crippen LogP contribution in [0.2, 0.25) is 0 Å². The van der Waals surface area contributed by atoms with Crippen LogP contribution in [0, 0.1) is 0 Å². The van der Waals surface area contributed by atoms with Gasteiger partial charge >= 0.3 is 0 Å². The Morgan fingerprint density at radius 2 is 1.58 bits per heavy atom. The van der Waals surface area contributed by atoms with Crippen molar-refractivity contribution in [2.75, 3.05) is 11.5 Å². The quantitative estimate of drug-likeness (QED) is 0.539. The molecule has 0 N–H and O–H groups in total. The van der Waals surface area contributed by atoms with Gasteiger partial charge < -0.3 is 9.47 Å². The maximum Gasteiger partial charge on any atom is 0.163 e. The van der Waals surface area contributed by atoms with Crippen LogP contribution in [0.15, 0.2) is 0 Å². The van der Waals surface area contributed by atoms with Gasteiger partial charge in [0.1, 0.15) is 12.2 Å². The van der Waals surface area contributed by atoms with Gasteiger partial charge in [0.15, 0.2) is 15.6 Å². The maximum absolute atomic E-state index is 11.1. The fourth-order valence-corrected chi connectivity index (χ4v) is 3.46. The average molecular weight is 192 g/mol. The second-order valence-electron chi connectivity index (χ2n) is 3.79. The van der Waals surface area contributed by atoms with E-state index in [-0.39, 0.29) is 23.7 Å². The molecule has 5 heteroatoms. The van der Waals surface area contributed by atoms with Gasteiger partial charge in [0.25, 0.3) is 0 Å². The van der Waals surface area contributed by atoms with Crippen LogP contribution < -0.4 is 0 Å². The van der Waals surface area contributed by atoms with Crippen molar-refractivity contribution in [2.45, 2.75) is 31.8 Å². The fraction of sp³-hybridized carbons (Fsp3) is 1.00. The van der Waals surface area contributed by atoms with E-state index >= 15 is 0 Å². The van der Waals surface area contributed by atoms with Gasteiger partial charge in [0, 0.05) is 0 Å². The second-order valence-corrected chi connectivity index (χ2v) is 5.94. The minimum atomic E-state index is -2.91. The van der Waals surface area contributed by atoms with E-state index in [2.05, 4.69) is 0 Å². The van der Waals surface area contributed by atoms with Crippen molar-refractivity contribution in [1.29, 1.82) is 0 Å². The Morgan fingerprint density at radius 1 is 1.17 bits per heavy atom. The van der Waals surface area contributed by atoms with Gasteiger partial charge in [-0.25, -0.2) is 8.42 Å². The molecule has 0 aromatic carbocycles. The fourth-order valence-electron chi connectivity index (χ4n) is 1.76. The third kappa shape index (κ3) is 1.36. The predicted octanol–water partition coefficient (Wildman–Crippen LogP) is -0.0651. The summed E-state index contributed by atoms with van der Waals surface area (Å²) in [6.07, 6.45) is -0.491. The van der Waals surface area contributed by atoms with E-state index in [0.717, 1.165) is 0 Å². The molecule has 2 aliphatic rings. The van der Waals surface area contributed by atoms with Crippen LogP contribution >= 0.6 is 0 Å². The Kier molecular flexibility index (Phi) is 1.56. The van der Waals surface area contributed by atoms with E-state index in [1.54, 1.807) is 13.8 Å². The summed E-state index contributed by atoms with van der Waals surface area (Å²) in [5, 5.41) is 0. The molecule has 0 amide bonds. The SMILES string of the molecule is CC1(C)O[C@H]2CS(=O)(=O)C[C@H]2O1. The van der Waals surface area contributed by atoms with Crippen molar-refractivity contribution in [3.8, 4) is 0 Å². The van der Waals surface area contributed by atoms with Gasteiger partial charge in [0.2, 0.25) is 0 Å². The predicted molar refractivity (Wildman–Crippen MR) is 42.5 cm³/mol. The maximum atomic E-state index is 11.1. The minimum Gasteiger partial charge on any atom is -0.343 e. The summed E-state index contributed by atoms with van der Waals surface area (Å²) < 4.78 is 33.0. The van der Waals surface area contributed by atoms with Gasteiger partial charge in [0.05, 0.1) is 11.5 Å². The molecule has 0 bridgehead atoms. The van der Waals surface area contributed by atoms with E-state index < -0.39 is 15.6 Å². The number of fused-ring (bicyclic) bond motifs is 1. The molecule has 0 aliphatic carbocycles. The molecular formula is C7H12O4S. The second kappa shape index (κ2) is 2.21. The first-order valence-electron chi connectivity index (χ1n) is 3.94. The molecule has 0 aromatic heterocycles. The summed E-state index contributed by atoms with van der Waals surface area (Å²) in [7, 11) is -2.91. The van der Waals surface area contributed by atoms with E-state index in [0.29, 0.717) is 0 Å². The van der Waals surface area contributed by atoms with E-state index in [4.69, 9.17) is 9.47 Å². The Labute approximate surface area is 71.8 Å². The standard InChI is InChI=1S/C7H12O4S/c1-7(2)10-5-3-12(8,9)4-6(5)11-7/h5-6H,3-4H2,1-2H3/t5-,6+. The highest BCUT2D eigenvalue weighted by atomic mass is 32.2. The molecule has 0 spiro atoms. The summed E-state index contributed by atoms with van der Waals surface area (Å²) in [6, 6.07) is 0. The van der Waals surface area contributed by atoms with Crippen LogP contribution in [-0.2, 0) is 19.3 Å². The molecule has 12 heavy (non-hydrogen) atoms. The smallest absolute Gasteiger partial charge is 0.163 e. The highest BCUT2D eigenvalue weighted by molar-refractivity contribution is 7.91. The number of hydrogen-bond donors (Lipinski definition) is 0. The lowest BCUT2D eigenvalue weighted by molar-refractivity contribution is -0.143. The van der Waals surface area contributed by atoms with Gasteiger partial charge in [-0.15, -0.1) is 0 Å². The monoisotopic (exact) mass is 192 g/mol. The molecule has 2 aliphatic heterocycles. The number of rotatable bonds is 0. The van der Waals surface area contributed by atoms with Crippen LogP contribution in [0.4, 0.5) is 0 Å². The molecule has 0 aromatic rings. The Bertz CT molecular complexity index is 271. The van der Waals surface area contributed by atoms with Gasteiger partial charge in [-0.1, -0.05) is 0 Å². The lowest BCUT2D eigenvalue weighted by Crippen LogP contribution is -2.25. The summed E-state index contributed by atoms with van der Waals surface area (Å²) in [5.74, 6) is -0.381. The lowest BCUT2D eigenvalue weighted by Gasteiger charge is -2.17. The van der Waals surface area contributed by atoms with Crippen molar-refractivity contribution < 1.29 is 17.9 Å². The molecule has 70 valence electrons. The normalized spacial score (nSPS) is 42.8. The van der Waals surface area contributed by atoms with E-state index in [1.807, 2.05) is 0 Å². The molecule has 2 fully saturated rings. The first kappa shape index (κ1) is 8.47. The number of hydrogen-bond acceptors (Lipinski definition) is 4. The molecule has 0 unspecified atom stereocenters. The average Bonchev–Trinajstić information content (AvgIpc) is 2.12. The zero-order valence-electron chi connectivity index (χ0n) is 7.11. The highest BCUT2D eigenvalue weighted by Crippen LogP contribution is 2.33. The summed E-state index contributed by atoms with van der Waals surface area (Å²) in [4.78, 5) is 0. The molecule has 4 nitrogen and oxygen atoms in total. The summed E-state index contributed by atoms with van der Waals surface area (Å²) in [5.41, 5.74) is 0. The molecule has 2 saturated heterocycles. The topological polar surface area (TPSA) is 52.6 Å². The summed E-state index contributed by atoms with van der Waals surface area (Å²) >= 11 is 0. The minimum absolute atomic E-state index is 0.112. The van der Waals surface area contributed by atoms with Crippen molar-refractivity contribution in [2.24, 2.45) is 0 Å². The zero-order chi connectivity index (χ0) is 8.98. The molecule has 2 rings (SSSR count). The third-order valence-electron chi connectivity index (χ3n) is 2.12. The van der Waals surface area contributed by atoms with E-state index in [1.165, 1.54) is 0 Å². The summed E-state index contributed by atoms with van der Waals surface area (Å²) in [6.45, 7) is 3.61. The highest BCUT2D eigenvalue weighted by Gasteiger charge is 2.49. The number of sulfone groups is 1. The molecular weight excluding hydrogens is 180 g/mol. The molecule has 0 saturated carbocycles. The van der Waals surface area contributed by atoms with Crippen LogP contribution in [0.3, 0.4) is 0 Å². The van der Waals surface area contributed by atoms with Gasteiger partial charge in [-0.3, -0.25) is 0 Å². The van der Waals surface area contributed by atoms with Crippen LogP contribution in [0.1, 0.15) is 13.8 Å². The first-order valence-corrected chi connectivity index (χ1v) is 5.76. The Morgan fingerprint density at radius 3 is 2.00 bits per heavy atom. The van der Waals surface area contributed by atoms with Crippen LogP contribution in [0.25, 0.3) is 0 Å². The Hall–Kier alpha value is -0.130. The Balaban J connectivity index is 2.17. The molecule has 0 radical (unpaired) electrons. The van der Waals surface area contributed by atoms with Crippen molar-refractivity contribution in [3.63, 3.8) is 0 Å². The molecule has 2 atom stereocenters. The number of ether oxygens (including phenoxy) is 2. The largest absolute Gasteiger partial charge is 0.343 e.